The second kappa shape index (κ2) is 5.53. The number of β-amino-alcohol motifs (C(OH)–C–C–N with tert-alkyl or cyclic N) is 1. The van der Waals surface area contributed by atoms with E-state index in [0.29, 0.717) is 19.7 Å². The summed E-state index contributed by atoms with van der Waals surface area (Å²) in [5, 5.41) is 10.1. The maximum Gasteiger partial charge on any atom is 0.164 e. The van der Waals surface area contributed by atoms with Crippen LogP contribution in [0.5, 0.6) is 0 Å². The molecule has 1 aromatic rings. The van der Waals surface area contributed by atoms with E-state index in [1.807, 2.05) is 18.7 Å². The van der Waals surface area contributed by atoms with Gasteiger partial charge in [0.15, 0.2) is 11.6 Å². The third-order valence-corrected chi connectivity index (χ3v) is 3.28. The van der Waals surface area contributed by atoms with Gasteiger partial charge >= 0.3 is 0 Å². The Labute approximate surface area is 111 Å². The molecule has 2 rings (SSSR count). The first-order chi connectivity index (χ1) is 8.89. The molecule has 0 aromatic heterocycles. The monoisotopic (exact) mass is 271 g/mol. The van der Waals surface area contributed by atoms with Crippen LogP contribution in [0, 0.1) is 11.6 Å². The fourth-order valence-corrected chi connectivity index (χ4v) is 2.39. The third-order valence-electron chi connectivity index (χ3n) is 3.28. The third kappa shape index (κ3) is 3.49. The lowest BCUT2D eigenvalue weighted by Gasteiger charge is -2.38. The van der Waals surface area contributed by atoms with E-state index in [1.54, 1.807) is 0 Å². The molecule has 1 N–H and O–H groups in total. The summed E-state index contributed by atoms with van der Waals surface area (Å²) in [5.74, 6) is -1.90. The number of hydrogen-bond donors (Lipinski definition) is 1. The first kappa shape index (κ1) is 14.4. The molecular weight excluding hydrogens is 252 g/mol. The topological polar surface area (TPSA) is 32.7 Å². The molecule has 1 aliphatic rings. The Hall–Kier alpha value is -1.04. The summed E-state index contributed by atoms with van der Waals surface area (Å²) < 4.78 is 32.3. The fourth-order valence-electron chi connectivity index (χ4n) is 2.39. The van der Waals surface area contributed by atoms with E-state index in [-0.39, 0.29) is 17.7 Å². The Bertz CT molecular complexity index is 451. The standard InChI is InChI=1S/C14H19F2NO2/c1-14(2)9-17(6-7-19-14)8-12(18)10-4-3-5-11(15)13(10)16/h3-5,12,18H,6-9H2,1-2H3. The van der Waals surface area contributed by atoms with E-state index < -0.39 is 17.7 Å². The number of benzene rings is 1. The van der Waals surface area contributed by atoms with Gasteiger partial charge in [-0.1, -0.05) is 12.1 Å². The van der Waals surface area contributed by atoms with Crippen molar-refractivity contribution in [1.29, 1.82) is 0 Å². The number of ether oxygens (including phenoxy) is 1. The number of morpholine rings is 1. The normalized spacial score (nSPS) is 21.3. The predicted molar refractivity (Wildman–Crippen MR) is 67.8 cm³/mol. The number of aliphatic hydroxyl groups is 1. The van der Waals surface area contributed by atoms with Crippen molar-refractivity contribution in [2.45, 2.75) is 25.6 Å². The van der Waals surface area contributed by atoms with Crippen molar-refractivity contribution in [3.63, 3.8) is 0 Å². The van der Waals surface area contributed by atoms with Crippen LogP contribution in [0.15, 0.2) is 18.2 Å². The molecule has 3 nitrogen and oxygen atoms in total. The number of halogens is 2. The van der Waals surface area contributed by atoms with E-state index in [0.717, 1.165) is 6.07 Å². The smallest absolute Gasteiger partial charge is 0.164 e. The molecule has 1 fully saturated rings. The largest absolute Gasteiger partial charge is 0.387 e. The van der Waals surface area contributed by atoms with Crippen LogP contribution in [0.1, 0.15) is 25.5 Å². The minimum Gasteiger partial charge on any atom is -0.387 e. The molecule has 1 unspecified atom stereocenters. The van der Waals surface area contributed by atoms with Gasteiger partial charge in [-0.3, -0.25) is 4.90 Å². The van der Waals surface area contributed by atoms with Crippen LogP contribution in [-0.2, 0) is 4.74 Å². The van der Waals surface area contributed by atoms with Crippen molar-refractivity contribution in [2.24, 2.45) is 0 Å². The Morgan fingerprint density at radius 2 is 2.16 bits per heavy atom. The summed E-state index contributed by atoms with van der Waals surface area (Å²) in [4.78, 5) is 2.00. The lowest BCUT2D eigenvalue weighted by molar-refractivity contribution is -0.0934. The number of hydrogen-bond acceptors (Lipinski definition) is 3. The highest BCUT2D eigenvalue weighted by Crippen LogP contribution is 2.23. The maximum absolute atomic E-state index is 13.6. The average Bonchev–Trinajstić information content (AvgIpc) is 2.31. The van der Waals surface area contributed by atoms with Gasteiger partial charge in [-0.15, -0.1) is 0 Å². The van der Waals surface area contributed by atoms with Crippen LogP contribution in [0.4, 0.5) is 8.78 Å². The van der Waals surface area contributed by atoms with Gasteiger partial charge in [0.05, 0.1) is 18.3 Å². The summed E-state index contributed by atoms with van der Waals surface area (Å²) in [7, 11) is 0. The summed E-state index contributed by atoms with van der Waals surface area (Å²) in [6.45, 7) is 6.11. The van der Waals surface area contributed by atoms with Crippen LogP contribution in [0.25, 0.3) is 0 Å². The van der Waals surface area contributed by atoms with Crippen LogP contribution in [0.2, 0.25) is 0 Å². The van der Waals surface area contributed by atoms with Crippen LogP contribution < -0.4 is 0 Å². The molecule has 1 saturated heterocycles. The number of nitrogens with zero attached hydrogens (tertiary/aromatic N) is 1. The Balaban J connectivity index is 2.04. The van der Waals surface area contributed by atoms with Gasteiger partial charge in [-0.05, 0) is 19.9 Å². The molecule has 0 bridgehead atoms. The molecule has 1 aliphatic heterocycles. The minimum absolute atomic E-state index is 0.00398. The van der Waals surface area contributed by atoms with Crippen molar-refractivity contribution in [1.82, 2.24) is 4.90 Å². The molecule has 0 radical (unpaired) electrons. The van der Waals surface area contributed by atoms with E-state index >= 15 is 0 Å². The summed E-state index contributed by atoms with van der Waals surface area (Å²) >= 11 is 0. The second-order valence-corrected chi connectivity index (χ2v) is 5.50. The fraction of sp³-hybridized carbons (Fsp3) is 0.571. The van der Waals surface area contributed by atoms with Gasteiger partial charge in [-0.2, -0.15) is 0 Å². The van der Waals surface area contributed by atoms with E-state index in [1.165, 1.54) is 12.1 Å². The predicted octanol–water partition coefficient (Wildman–Crippen LogP) is 2.11. The SMILES string of the molecule is CC1(C)CN(CC(O)c2cccc(F)c2F)CCO1. The lowest BCUT2D eigenvalue weighted by atomic mass is 10.0. The summed E-state index contributed by atoms with van der Waals surface area (Å²) in [5.41, 5.74) is -0.275. The minimum atomic E-state index is -1.04. The van der Waals surface area contributed by atoms with Crippen LogP contribution in [0.3, 0.4) is 0 Å². The molecule has 0 spiro atoms. The van der Waals surface area contributed by atoms with Crippen LogP contribution >= 0.6 is 0 Å². The summed E-state index contributed by atoms with van der Waals surface area (Å²) in [6, 6.07) is 3.86. The molecule has 106 valence electrons. The highest BCUT2D eigenvalue weighted by molar-refractivity contribution is 5.21. The zero-order chi connectivity index (χ0) is 14.0. The summed E-state index contributed by atoms with van der Waals surface area (Å²) in [6.07, 6.45) is -1.04. The van der Waals surface area contributed by atoms with E-state index in [2.05, 4.69) is 0 Å². The van der Waals surface area contributed by atoms with E-state index in [4.69, 9.17) is 4.74 Å². The van der Waals surface area contributed by atoms with Gasteiger partial charge < -0.3 is 9.84 Å². The second-order valence-electron chi connectivity index (χ2n) is 5.50. The molecular formula is C14H19F2NO2. The van der Waals surface area contributed by atoms with Crippen molar-refractivity contribution in [2.75, 3.05) is 26.2 Å². The molecule has 0 amide bonds. The Kier molecular flexibility index (Phi) is 4.18. The van der Waals surface area contributed by atoms with Crippen molar-refractivity contribution < 1.29 is 18.6 Å². The van der Waals surface area contributed by atoms with Crippen molar-refractivity contribution >= 4 is 0 Å². The first-order valence-electron chi connectivity index (χ1n) is 6.37. The van der Waals surface area contributed by atoms with Crippen LogP contribution in [-0.4, -0.2) is 41.8 Å². The average molecular weight is 271 g/mol. The number of aliphatic hydroxyl groups excluding tert-OH is 1. The maximum atomic E-state index is 13.6. The Morgan fingerprint density at radius 1 is 1.42 bits per heavy atom. The van der Waals surface area contributed by atoms with Crippen molar-refractivity contribution in [3.8, 4) is 0 Å². The van der Waals surface area contributed by atoms with Gasteiger partial charge in [-0.25, -0.2) is 8.78 Å². The molecule has 1 atom stereocenters. The zero-order valence-electron chi connectivity index (χ0n) is 11.2. The molecule has 0 aliphatic carbocycles. The van der Waals surface area contributed by atoms with Gasteiger partial charge in [0.25, 0.3) is 0 Å². The molecule has 5 heteroatoms. The quantitative estimate of drug-likeness (QED) is 0.914. The molecule has 1 heterocycles. The molecule has 0 saturated carbocycles. The zero-order valence-corrected chi connectivity index (χ0v) is 11.2. The first-order valence-corrected chi connectivity index (χ1v) is 6.37. The Morgan fingerprint density at radius 3 is 2.84 bits per heavy atom. The highest BCUT2D eigenvalue weighted by atomic mass is 19.2. The lowest BCUT2D eigenvalue weighted by Crippen LogP contribution is -2.49. The van der Waals surface area contributed by atoms with E-state index in [9.17, 15) is 13.9 Å². The van der Waals surface area contributed by atoms with Gasteiger partial charge in [0, 0.05) is 25.2 Å². The molecule has 1 aromatic carbocycles. The number of rotatable bonds is 3. The van der Waals surface area contributed by atoms with Gasteiger partial charge in [0.1, 0.15) is 0 Å². The van der Waals surface area contributed by atoms with Crippen molar-refractivity contribution in [3.05, 3.63) is 35.4 Å². The molecule has 19 heavy (non-hydrogen) atoms. The van der Waals surface area contributed by atoms with Gasteiger partial charge in [0.2, 0.25) is 0 Å². The highest BCUT2D eigenvalue weighted by Gasteiger charge is 2.29.